The van der Waals surface area contributed by atoms with Crippen molar-refractivity contribution in [1.82, 2.24) is 4.90 Å². The topological polar surface area (TPSA) is 38.8 Å². The van der Waals surface area contributed by atoms with Crippen LogP contribution in [0.5, 0.6) is 11.5 Å². The number of carbonyl (C=O) groups is 1. The highest BCUT2D eigenvalue weighted by molar-refractivity contribution is 6.15. The van der Waals surface area contributed by atoms with Crippen molar-refractivity contribution < 1.29 is 14.3 Å². The van der Waals surface area contributed by atoms with E-state index < -0.39 is 0 Å². The van der Waals surface area contributed by atoms with Gasteiger partial charge in [0, 0.05) is 12.6 Å². The zero-order valence-electron chi connectivity index (χ0n) is 15.5. The Kier molecular flexibility index (Phi) is 4.01. The number of allylic oxidation sites excluding steroid dienone is 1. The number of carbonyl (C=O) groups excluding carboxylic acids is 1. The molecule has 2 heterocycles. The normalized spacial score (nSPS) is 21.1. The van der Waals surface area contributed by atoms with Gasteiger partial charge in [-0.3, -0.25) is 9.69 Å². The first-order valence-corrected chi connectivity index (χ1v) is 9.73. The second-order valence-corrected chi connectivity index (χ2v) is 7.68. The Morgan fingerprint density at radius 1 is 1.15 bits per heavy atom. The molecule has 0 bridgehead atoms. The molecule has 138 valence electrons. The number of Topliss-reactive ketones (excluding diaryl/α,β-unsaturated/α-hetero) is 1. The molecular weight excluding hydrogens is 338 g/mol. The first kappa shape index (κ1) is 16.6. The summed E-state index contributed by atoms with van der Waals surface area (Å²) in [5.74, 6) is 1.91. The number of fused-ring (bicyclic) bond motifs is 3. The molecule has 0 aromatic heterocycles. The quantitative estimate of drug-likeness (QED) is 0.727. The Balaban J connectivity index is 1.52. The van der Waals surface area contributed by atoms with E-state index in [0.29, 0.717) is 29.8 Å². The third-order valence-electron chi connectivity index (χ3n) is 5.89. The molecule has 0 amide bonds. The molecule has 5 rings (SSSR count). The van der Waals surface area contributed by atoms with Crippen LogP contribution in [-0.4, -0.2) is 23.5 Å². The van der Waals surface area contributed by atoms with Gasteiger partial charge in [-0.1, -0.05) is 43.2 Å². The van der Waals surface area contributed by atoms with Crippen LogP contribution in [0.3, 0.4) is 0 Å². The van der Waals surface area contributed by atoms with Gasteiger partial charge in [0.15, 0.2) is 5.76 Å². The summed E-state index contributed by atoms with van der Waals surface area (Å²) in [4.78, 5) is 15.4. The van der Waals surface area contributed by atoms with Gasteiger partial charge >= 0.3 is 0 Å². The summed E-state index contributed by atoms with van der Waals surface area (Å²) in [6.07, 6.45) is 6.86. The minimum atomic E-state index is -0.0351. The SMILES string of the molecule is Cc1cc2c(c3c1C(=O)/C(=C/c1ccccc1)O3)CN(C1CCCC1)CO2. The van der Waals surface area contributed by atoms with Gasteiger partial charge in [-0.15, -0.1) is 0 Å². The van der Waals surface area contributed by atoms with Crippen LogP contribution in [0.1, 0.15) is 52.7 Å². The number of ketones is 1. The number of aryl methyl sites for hydroxylation is 1. The lowest BCUT2D eigenvalue weighted by atomic mass is 9.98. The number of ether oxygens (including phenoxy) is 2. The average Bonchev–Trinajstić information content (AvgIpc) is 3.32. The van der Waals surface area contributed by atoms with Gasteiger partial charge in [-0.2, -0.15) is 0 Å². The predicted octanol–water partition coefficient (Wildman–Crippen LogP) is 4.71. The monoisotopic (exact) mass is 361 g/mol. The van der Waals surface area contributed by atoms with Gasteiger partial charge in [0.1, 0.15) is 18.2 Å². The average molecular weight is 361 g/mol. The van der Waals surface area contributed by atoms with Crippen LogP contribution in [0.4, 0.5) is 0 Å². The summed E-state index contributed by atoms with van der Waals surface area (Å²) < 4.78 is 12.2. The van der Waals surface area contributed by atoms with Crippen molar-refractivity contribution in [3.8, 4) is 11.5 Å². The van der Waals surface area contributed by atoms with Crippen molar-refractivity contribution in [1.29, 1.82) is 0 Å². The van der Waals surface area contributed by atoms with E-state index >= 15 is 0 Å². The largest absolute Gasteiger partial charge is 0.478 e. The first-order chi connectivity index (χ1) is 13.2. The number of benzene rings is 2. The van der Waals surface area contributed by atoms with Gasteiger partial charge in [-0.05, 0) is 43.0 Å². The van der Waals surface area contributed by atoms with E-state index in [1.807, 2.05) is 49.4 Å². The second kappa shape index (κ2) is 6.54. The standard InChI is InChI=1S/C23H23NO3/c1-15-11-19-18(13-24(14-26-19)17-9-5-6-10-17)23-21(15)22(25)20(27-23)12-16-7-3-2-4-8-16/h2-4,7-8,11-12,17H,5-6,9-10,13-14H2,1H3/b20-12-. The number of nitrogens with zero attached hydrogens (tertiary/aromatic N) is 1. The van der Waals surface area contributed by atoms with Crippen LogP contribution in [0.25, 0.3) is 6.08 Å². The maximum atomic E-state index is 13.0. The smallest absolute Gasteiger partial charge is 0.232 e. The van der Waals surface area contributed by atoms with Gasteiger partial charge in [0.05, 0.1) is 11.1 Å². The van der Waals surface area contributed by atoms with Crippen LogP contribution in [-0.2, 0) is 6.54 Å². The molecule has 0 saturated heterocycles. The van der Waals surface area contributed by atoms with Gasteiger partial charge in [0.25, 0.3) is 0 Å². The molecule has 0 atom stereocenters. The minimum absolute atomic E-state index is 0.0351. The van der Waals surface area contributed by atoms with Gasteiger partial charge in [-0.25, -0.2) is 0 Å². The summed E-state index contributed by atoms with van der Waals surface area (Å²) in [5, 5.41) is 0. The molecule has 4 nitrogen and oxygen atoms in total. The molecule has 0 radical (unpaired) electrons. The van der Waals surface area contributed by atoms with Gasteiger partial charge in [0.2, 0.25) is 5.78 Å². The highest BCUT2D eigenvalue weighted by Crippen LogP contribution is 2.44. The molecule has 0 spiro atoms. The zero-order chi connectivity index (χ0) is 18.4. The molecule has 1 aliphatic carbocycles. The first-order valence-electron chi connectivity index (χ1n) is 9.73. The van der Waals surface area contributed by atoms with Crippen LogP contribution in [0.2, 0.25) is 0 Å². The number of rotatable bonds is 2. The summed E-state index contributed by atoms with van der Waals surface area (Å²) in [7, 11) is 0. The van der Waals surface area contributed by atoms with Crippen LogP contribution < -0.4 is 9.47 Å². The lowest BCUT2D eigenvalue weighted by Crippen LogP contribution is -2.39. The Morgan fingerprint density at radius 2 is 1.93 bits per heavy atom. The third-order valence-corrected chi connectivity index (χ3v) is 5.89. The lowest BCUT2D eigenvalue weighted by molar-refractivity contribution is 0.0567. The fourth-order valence-electron chi connectivity index (χ4n) is 4.45. The van der Waals surface area contributed by atoms with Crippen LogP contribution in [0, 0.1) is 6.92 Å². The third kappa shape index (κ3) is 2.85. The Labute approximate surface area is 159 Å². The van der Waals surface area contributed by atoms with E-state index in [4.69, 9.17) is 9.47 Å². The number of hydrogen-bond donors (Lipinski definition) is 0. The Hall–Kier alpha value is -2.59. The molecule has 27 heavy (non-hydrogen) atoms. The summed E-state index contributed by atoms with van der Waals surface area (Å²) in [6.45, 7) is 3.36. The molecule has 2 aromatic rings. The summed E-state index contributed by atoms with van der Waals surface area (Å²) >= 11 is 0. The fraction of sp³-hybridized carbons (Fsp3) is 0.348. The maximum absolute atomic E-state index is 13.0. The summed E-state index contributed by atoms with van der Waals surface area (Å²) in [6, 6.07) is 12.4. The molecule has 0 unspecified atom stereocenters. The molecule has 3 aliphatic rings. The van der Waals surface area contributed by atoms with Crippen molar-refractivity contribution in [2.45, 2.75) is 45.2 Å². The zero-order valence-corrected chi connectivity index (χ0v) is 15.5. The van der Waals surface area contributed by atoms with Crippen molar-refractivity contribution in [2.75, 3.05) is 6.73 Å². The lowest BCUT2D eigenvalue weighted by Gasteiger charge is -2.34. The van der Waals surface area contributed by atoms with E-state index in [0.717, 1.165) is 29.0 Å². The molecule has 2 aliphatic heterocycles. The van der Waals surface area contributed by atoms with E-state index in [-0.39, 0.29) is 5.78 Å². The molecular formula is C23H23NO3. The second-order valence-electron chi connectivity index (χ2n) is 7.68. The molecule has 1 saturated carbocycles. The highest BCUT2D eigenvalue weighted by Gasteiger charge is 2.36. The highest BCUT2D eigenvalue weighted by atomic mass is 16.5. The predicted molar refractivity (Wildman–Crippen MR) is 104 cm³/mol. The van der Waals surface area contributed by atoms with Crippen molar-refractivity contribution in [3.05, 3.63) is 64.4 Å². The van der Waals surface area contributed by atoms with E-state index in [1.54, 1.807) is 0 Å². The molecule has 2 aromatic carbocycles. The van der Waals surface area contributed by atoms with Crippen LogP contribution >= 0.6 is 0 Å². The fourth-order valence-corrected chi connectivity index (χ4v) is 4.45. The van der Waals surface area contributed by atoms with Gasteiger partial charge < -0.3 is 9.47 Å². The summed E-state index contributed by atoms with van der Waals surface area (Å²) in [5.41, 5.74) is 3.58. The van der Waals surface area contributed by atoms with Crippen LogP contribution in [0.15, 0.2) is 42.2 Å². The minimum Gasteiger partial charge on any atom is -0.478 e. The molecule has 4 heteroatoms. The van der Waals surface area contributed by atoms with E-state index in [9.17, 15) is 4.79 Å². The van der Waals surface area contributed by atoms with E-state index in [1.165, 1.54) is 25.7 Å². The molecule has 1 fully saturated rings. The van der Waals surface area contributed by atoms with Crippen molar-refractivity contribution >= 4 is 11.9 Å². The maximum Gasteiger partial charge on any atom is 0.232 e. The Bertz CT molecular complexity index is 926. The van der Waals surface area contributed by atoms with Crippen molar-refractivity contribution in [2.24, 2.45) is 0 Å². The molecule has 0 N–H and O–H groups in total. The van der Waals surface area contributed by atoms with Crippen molar-refractivity contribution in [3.63, 3.8) is 0 Å². The number of hydrogen-bond acceptors (Lipinski definition) is 4. The van der Waals surface area contributed by atoms with E-state index in [2.05, 4.69) is 4.90 Å². The Morgan fingerprint density at radius 3 is 2.70 bits per heavy atom.